The fourth-order valence-corrected chi connectivity index (χ4v) is 2.66. The third-order valence-electron chi connectivity index (χ3n) is 4.16. The highest BCUT2D eigenvalue weighted by atomic mass is 16.5. The number of fused-ring (bicyclic) bond motifs is 1. The smallest absolute Gasteiger partial charge is 0.357 e. The van der Waals surface area contributed by atoms with Gasteiger partial charge in [-0.05, 0) is 46.7 Å². The monoisotopic (exact) mass is 364 g/mol. The van der Waals surface area contributed by atoms with Gasteiger partial charge in [-0.1, -0.05) is 24.3 Å². The van der Waals surface area contributed by atoms with Crippen LogP contribution in [-0.2, 0) is 16.1 Å². The van der Waals surface area contributed by atoms with E-state index in [0.29, 0.717) is 6.54 Å². The first kappa shape index (κ1) is 18.4. The molecule has 6 heteroatoms. The number of carbonyl (C=O) groups excluding carboxylic acids is 2. The van der Waals surface area contributed by atoms with Gasteiger partial charge >= 0.3 is 5.97 Å². The van der Waals surface area contributed by atoms with Crippen LogP contribution < -0.4 is 4.74 Å². The number of hydrogen-bond donors (Lipinski definition) is 0. The molecule has 1 heterocycles. The number of methoxy groups -OCH3 is 1. The molecule has 138 valence electrons. The molecule has 0 saturated heterocycles. The Morgan fingerprint density at radius 1 is 1.04 bits per heavy atom. The number of pyridine rings is 1. The van der Waals surface area contributed by atoms with Gasteiger partial charge in [0.05, 0.1) is 7.11 Å². The van der Waals surface area contributed by atoms with Crippen molar-refractivity contribution in [2.24, 2.45) is 0 Å². The Balaban J connectivity index is 1.59. The highest BCUT2D eigenvalue weighted by Crippen LogP contribution is 2.22. The number of amides is 1. The van der Waals surface area contributed by atoms with Crippen LogP contribution in [0.15, 0.2) is 60.8 Å². The van der Waals surface area contributed by atoms with Crippen LogP contribution in [0.25, 0.3) is 10.8 Å². The second-order valence-corrected chi connectivity index (χ2v) is 6.09. The van der Waals surface area contributed by atoms with Gasteiger partial charge in [0.25, 0.3) is 5.91 Å². The molecule has 0 saturated carbocycles. The molecule has 0 fully saturated rings. The quantitative estimate of drug-likeness (QED) is 0.629. The molecule has 0 atom stereocenters. The molecule has 6 nitrogen and oxygen atoms in total. The second kappa shape index (κ2) is 8.31. The molecule has 3 rings (SSSR count). The molecule has 0 spiro atoms. The number of nitrogens with zero attached hydrogens (tertiary/aromatic N) is 2. The van der Waals surface area contributed by atoms with Crippen molar-refractivity contribution in [3.05, 3.63) is 72.1 Å². The summed E-state index contributed by atoms with van der Waals surface area (Å²) >= 11 is 0. The number of esters is 1. The lowest BCUT2D eigenvalue weighted by Gasteiger charge is -2.17. The lowest BCUT2D eigenvalue weighted by Crippen LogP contribution is -2.30. The van der Waals surface area contributed by atoms with Crippen LogP contribution in [0, 0.1) is 0 Å². The average Bonchev–Trinajstić information content (AvgIpc) is 2.71. The first-order chi connectivity index (χ1) is 13.1. The molecule has 0 bridgehead atoms. The Labute approximate surface area is 157 Å². The van der Waals surface area contributed by atoms with E-state index in [2.05, 4.69) is 4.98 Å². The van der Waals surface area contributed by atoms with Gasteiger partial charge in [-0.2, -0.15) is 0 Å². The SMILES string of the molecule is COc1ccc2cc(CN(C)C(=O)COC(=O)c3ccccn3)ccc2c1. The normalized spacial score (nSPS) is 10.4. The first-order valence-corrected chi connectivity index (χ1v) is 8.45. The van der Waals surface area contributed by atoms with Crippen molar-refractivity contribution in [1.29, 1.82) is 0 Å². The lowest BCUT2D eigenvalue weighted by atomic mass is 10.1. The summed E-state index contributed by atoms with van der Waals surface area (Å²) in [7, 11) is 3.31. The van der Waals surface area contributed by atoms with Crippen molar-refractivity contribution in [3.63, 3.8) is 0 Å². The molecule has 3 aromatic rings. The standard InChI is InChI=1S/C21H20N2O4/c1-23(20(24)14-27-21(25)19-5-3-4-10-22-19)13-15-6-7-17-12-18(26-2)9-8-16(17)11-15/h3-12H,13-14H2,1-2H3. The highest BCUT2D eigenvalue weighted by Gasteiger charge is 2.14. The molecule has 0 aliphatic carbocycles. The van der Waals surface area contributed by atoms with Gasteiger partial charge in [0, 0.05) is 19.8 Å². The minimum Gasteiger partial charge on any atom is -0.497 e. The fourth-order valence-electron chi connectivity index (χ4n) is 2.66. The van der Waals surface area contributed by atoms with E-state index in [1.165, 1.54) is 11.1 Å². The average molecular weight is 364 g/mol. The maximum absolute atomic E-state index is 12.2. The predicted molar refractivity (Wildman–Crippen MR) is 101 cm³/mol. The molecule has 27 heavy (non-hydrogen) atoms. The first-order valence-electron chi connectivity index (χ1n) is 8.45. The number of carbonyl (C=O) groups is 2. The van der Waals surface area contributed by atoms with Gasteiger partial charge < -0.3 is 14.4 Å². The van der Waals surface area contributed by atoms with Crippen LogP contribution in [0.4, 0.5) is 0 Å². The van der Waals surface area contributed by atoms with E-state index in [1.54, 1.807) is 32.4 Å². The van der Waals surface area contributed by atoms with E-state index in [4.69, 9.17) is 9.47 Å². The maximum atomic E-state index is 12.2. The molecule has 0 unspecified atom stereocenters. The minimum atomic E-state index is -0.614. The number of likely N-dealkylation sites (N-methyl/N-ethyl adjacent to an activating group) is 1. The molecule has 1 amide bonds. The second-order valence-electron chi connectivity index (χ2n) is 6.09. The third-order valence-corrected chi connectivity index (χ3v) is 4.16. The van der Waals surface area contributed by atoms with Gasteiger partial charge in [-0.25, -0.2) is 9.78 Å². The van der Waals surface area contributed by atoms with Gasteiger partial charge in [0.1, 0.15) is 11.4 Å². The van der Waals surface area contributed by atoms with E-state index in [9.17, 15) is 9.59 Å². The van der Waals surface area contributed by atoms with Crippen LogP contribution in [0.5, 0.6) is 5.75 Å². The van der Waals surface area contributed by atoms with E-state index < -0.39 is 5.97 Å². The van der Waals surface area contributed by atoms with Crippen molar-refractivity contribution < 1.29 is 19.1 Å². The molecule has 0 aliphatic heterocycles. The van der Waals surface area contributed by atoms with Crippen molar-refractivity contribution in [1.82, 2.24) is 9.88 Å². The van der Waals surface area contributed by atoms with E-state index in [1.807, 2.05) is 36.4 Å². The molecule has 0 radical (unpaired) electrons. The lowest BCUT2D eigenvalue weighted by molar-refractivity contribution is -0.133. The van der Waals surface area contributed by atoms with Crippen LogP contribution in [0.1, 0.15) is 16.1 Å². The summed E-state index contributed by atoms with van der Waals surface area (Å²) in [6.07, 6.45) is 1.50. The molecule has 2 aromatic carbocycles. The molecular weight excluding hydrogens is 344 g/mol. The van der Waals surface area contributed by atoms with Crippen molar-refractivity contribution in [2.75, 3.05) is 20.8 Å². The minimum absolute atomic E-state index is 0.179. The van der Waals surface area contributed by atoms with Crippen LogP contribution >= 0.6 is 0 Å². The summed E-state index contributed by atoms with van der Waals surface area (Å²) in [5.74, 6) is -0.0941. The fraction of sp³-hybridized carbons (Fsp3) is 0.190. The number of benzene rings is 2. The Bertz CT molecular complexity index is 957. The number of rotatable bonds is 6. The van der Waals surface area contributed by atoms with Gasteiger partial charge in [-0.15, -0.1) is 0 Å². The molecule has 0 aliphatic rings. The summed E-state index contributed by atoms with van der Waals surface area (Å²) < 4.78 is 10.3. The Morgan fingerprint density at radius 3 is 2.56 bits per heavy atom. The van der Waals surface area contributed by atoms with Crippen molar-refractivity contribution in [2.45, 2.75) is 6.54 Å². The number of hydrogen-bond acceptors (Lipinski definition) is 5. The molecular formula is C21H20N2O4. The summed E-state index contributed by atoms with van der Waals surface area (Å²) in [5.41, 5.74) is 1.16. The third kappa shape index (κ3) is 4.61. The van der Waals surface area contributed by atoms with Gasteiger partial charge in [-0.3, -0.25) is 4.79 Å². The van der Waals surface area contributed by atoms with Crippen molar-refractivity contribution in [3.8, 4) is 5.75 Å². The Morgan fingerprint density at radius 2 is 1.81 bits per heavy atom. The summed E-state index contributed by atoms with van der Waals surface area (Å²) in [5, 5.41) is 2.13. The number of ether oxygens (including phenoxy) is 2. The van der Waals surface area contributed by atoms with E-state index in [-0.39, 0.29) is 18.2 Å². The molecule has 1 aromatic heterocycles. The summed E-state index contributed by atoms with van der Waals surface area (Å²) in [4.78, 5) is 29.5. The topological polar surface area (TPSA) is 68.7 Å². The van der Waals surface area contributed by atoms with Gasteiger partial charge in [0.15, 0.2) is 6.61 Å². The van der Waals surface area contributed by atoms with E-state index in [0.717, 1.165) is 22.1 Å². The zero-order chi connectivity index (χ0) is 19.2. The largest absolute Gasteiger partial charge is 0.497 e. The van der Waals surface area contributed by atoms with Crippen LogP contribution in [0.3, 0.4) is 0 Å². The van der Waals surface area contributed by atoms with Crippen molar-refractivity contribution >= 4 is 22.6 Å². The predicted octanol–water partition coefficient (Wildman–Crippen LogP) is 3.06. The Kier molecular flexibility index (Phi) is 5.66. The summed E-state index contributed by atoms with van der Waals surface area (Å²) in [6.45, 7) is 0.0959. The van der Waals surface area contributed by atoms with Crippen LogP contribution in [0.2, 0.25) is 0 Å². The zero-order valence-electron chi connectivity index (χ0n) is 15.2. The number of aromatic nitrogens is 1. The summed E-state index contributed by atoms with van der Waals surface area (Å²) in [6, 6.07) is 16.8. The zero-order valence-corrected chi connectivity index (χ0v) is 15.2. The highest BCUT2D eigenvalue weighted by molar-refractivity contribution is 5.89. The Hall–Kier alpha value is -3.41. The van der Waals surface area contributed by atoms with Crippen LogP contribution in [-0.4, -0.2) is 42.5 Å². The van der Waals surface area contributed by atoms with E-state index >= 15 is 0 Å². The maximum Gasteiger partial charge on any atom is 0.357 e. The molecule has 0 N–H and O–H groups in total. The van der Waals surface area contributed by atoms with Gasteiger partial charge in [0.2, 0.25) is 0 Å².